The van der Waals surface area contributed by atoms with E-state index < -0.39 is 120 Å². The number of hydrogen-bond donors (Lipinski definition) is 16. The minimum absolute atomic E-state index is 0.0889. The first-order chi connectivity index (χ1) is 45.4. The monoisotopic (exact) mass is 1360 g/mol. The Labute approximate surface area is 555 Å². The van der Waals surface area contributed by atoms with Gasteiger partial charge in [-0.25, -0.2) is 14.4 Å². The van der Waals surface area contributed by atoms with E-state index in [0.29, 0.717) is 12.8 Å². The number of ether oxygens (including phenoxy) is 2. The highest BCUT2D eigenvalue weighted by atomic mass is 16.5. The second kappa shape index (κ2) is 31.8. The van der Waals surface area contributed by atoms with Gasteiger partial charge in [-0.2, -0.15) is 0 Å². The molecule has 29 heteroatoms. The van der Waals surface area contributed by atoms with Crippen molar-refractivity contribution in [2.24, 2.45) is 11.8 Å². The van der Waals surface area contributed by atoms with E-state index in [-0.39, 0.29) is 23.0 Å². The van der Waals surface area contributed by atoms with Crippen molar-refractivity contribution in [3.63, 3.8) is 0 Å². The number of aliphatic hydroxyl groups is 5. The fraction of sp³-hybridized carbons (Fsp3) is 0.456. The Morgan fingerprint density at radius 3 is 0.948 bits per heavy atom. The van der Waals surface area contributed by atoms with E-state index in [1.54, 1.807) is 0 Å². The van der Waals surface area contributed by atoms with E-state index in [1.165, 1.54) is 44.3 Å². The van der Waals surface area contributed by atoms with Gasteiger partial charge in [0, 0.05) is 46.7 Å². The van der Waals surface area contributed by atoms with E-state index in [0.717, 1.165) is 76.0 Å². The van der Waals surface area contributed by atoms with Crippen LogP contribution in [0.15, 0.2) is 109 Å². The summed E-state index contributed by atoms with van der Waals surface area (Å²) in [5.74, 6) is -14.9. The molecule has 0 radical (unpaired) electrons. The van der Waals surface area contributed by atoms with Crippen molar-refractivity contribution in [3.8, 4) is 0 Å². The van der Waals surface area contributed by atoms with Crippen molar-refractivity contribution in [2.75, 3.05) is 54.5 Å². The molecule has 97 heavy (non-hydrogen) atoms. The van der Waals surface area contributed by atoms with Crippen molar-refractivity contribution >= 4 is 75.5 Å². The van der Waals surface area contributed by atoms with Crippen molar-refractivity contribution < 1.29 is 124 Å². The number of para-hydroxylation sites is 2. The Morgan fingerprint density at radius 2 is 0.691 bits per heavy atom. The summed E-state index contributed by atoms with van der Waals surface area (Å²) < 4.78 is 13.1. The normalized spacial score (nSPS) is 22.0. The number of hydrogen-bond acceptors (Lipinski definition) is 18. The summed E-state index contributed by atoms with van der Waals surface area (Å²) >= 11 is 0. The highest BCUT2D eigenvalue weighted by molar-refractivity contribution is 5.90. The Bertz CT molecular complexity index is 3460. The van der Waals surface area contributed by atoms with Gasteiger partial charge >= 0.3 is 53.7 Å². The maximum Gasteiger partial charge on any atom is 0.336 e. The molecule has 0 amide bonds. The predicted octanol–water partition coefficient (Wildman–Crippen LogP) is 4.63. The van der Waals surface area contributed by atoms with Gasteiger partial charge in [0.1, 0.15) is 11.2 Å². The number of carbonyl (C=O) groups is 9. The maximum atomic E-state index is 11.9. The number of nitrogens with zero attached hydrogens (tertiary/aromatic N) is 2. The van der Waals surface area contributed by atoms with Gasteiger partial charge < -0.3 is 101 Å². The molecule has 2 fully saturated rings. The number of H-pyrrole nitrogens is 2. The van der Waals surface area contributed by atoms with Gasteiger partial charge in [-0.05, 0) is 114 Å². The topological polar surface area (TPSA) is 493 Å². The molecule has 526 valence electrons. The zero-order valence-electron chi connectivity index (χ0n) is 53.9. The Balaban J connectivity index is 0.000000204. The van der Waals surface area contributed by atoms with Crippen molar-refractivity contribution in [1.82, 2.24) is 19.8 Å². The van der Waals surface area contributed by atoms with Crippen LogP contribution in [0.1, 0.15) is 111 Å². The number of rotatable bonds is 21. The standard InChI is InChI=1S/2C25H30N2O2.3C6H8O7/c2*1-27(2)17-19-16-24(13-14-25(19,28)18-8-4-3-5-9-18)23-21(12-15-29-24)20-10-6-7-11-22(20)26-23;3*7-3(8)1-6(13,5(11)12)2-4(9)10/h2*3-11,19,26,28H,12-17H2,1-2H3;3*13H,1-2H2,(H,7,8)(H,9,10)(H,11,12). The third kappa shape index (κ3) is 18.7. The number of carboxylic acid groups (broad SMARTS) is 9. The van der Waals surface area contributed by atoms with Gasteiger partial charge in [-0.15, -0.1) is 0 Å². The lowest BCUT2D eigenvalue weighted by atomic mass is 9.64. The predicted molar refractivity (Wildman–Crippen MR) is 343 cm³/mol. The molecule has 4 aromatic carbocycles. The van der Waals surface area contributed by atoms with Crippen LogP contribution >= 0.6 is 0 Å². The molecule has 6 aromatic rings. The lowest BCUT2D eigenvalue weighted by molar-refractivity contribution is -0.170. The molecule has 0 saturated heterocycles. The molecule has 6 unspecified atom stereocenters. The molecular formula is C68H84N4O25. The largest absolute Gasteiger partial charge is 0.481 e. The van der Waals surface area contributed by atoms with Gasteiger partial charge in [-0.3, -0.25) is 28.8 Å². The average Bonchev–Trinajstić information content (AvgIpc) is 1.67. The first-order valence-corrected chi connectivity index (χ1v) is 30.9. The molecule has 10 rings (SSSR count). The fourth-order valence-electron chi connectivity index (χ4n) is 13.5. The zero-order valence-corrected chi connectivity index (χ0v) is 53.9. The van der Waals surface area contributed by atoms with Crippen LogP contribution in [0.4, 0.5) is 0 Å². The minimum Gasteiger partial charge on any atom is -0.481 e. The third-order valence-electron chi connectivity index (χ3n) is 17.9. The van der Waals surface area contributed by atoms with Crippen LogP contribution in [0.25, 0.3) is 21.8 Å². The van der Waals surface area contributed by atoms with Crippen molar-refractivity contribution in [2.45, 2.75) is 129 Å². The van der Waals surface area contributed by atoms with E-state index in [4.69, 9.17) is 70.8 Å². The molecule has 2 saturated carbocycles. The average molecular weight is 1360 g/mol. The van der Waals surface area contributed by atoms with Gasteiger partial charge in [0.15, 0.2) is 16.8 Å². The number of carboxylic acids is 9. The summed E-state index contributed by atoms with van der Waals surface area (Å²) in [6.07, 6.45) is -0.299. The molecule has 4 aliphatic rings. The summed E-state index contributed by atoms with van der Waals surface area (Å²) in [5.41, 5.74) is -0.841. The summed E-state index contributed by atoms with van der Waals surface area (Å²) in [6, 6.07) is 37.5. The Morgan fingerprint density at radius 1 is 0.423 bits per heavy atom. The highest BCUT2D eigenvalue weighted by Gasteiger charge is 2.55. The molecule has 2 spiro atoms. The quantitative estimate of drug-likeness (QED) is 0.0467. The van der Waals surface area contributed by atoms with Crippen LogP contribution in [-0.2, 0) is 87.9 Å². The van der Waals surface area contributed by atoms with E-state index >= 15 is 0 Å². The number of aromatic nitrogens is 2. The third-order valence-corrected chi connectivity index (χ3v) is 17.9. The van der Waals surface area contributed by atoms with Crippen LogP contribution < -0.4 is 0 Å². The van der Waals surface area contributed by atoms with Gasteiger partial charge in [0.05, 0.1) is 74.3 Å². The number of aromatic amines is 2. The molecule has 16 N–H and O–H groups in total. The molecule has 2 aliphatic carbocycles. The lowest BCUT2D eigenvalue weighted by Gasteiger charge is -2.51. The van der Waals surface area contributed by atoms with Crippen LogP contribution in [0, 0.1) is 11.8 Å². The highest BCUT2D eigenvalue weighted by Crippen LogP contribution is 2.55. The summed E-state index contributed by atoms with van der Waals surface area (Å²) in [5, 5.41) is 128. The number of fused-ring (bicyclic) bond motifs is 8. The molecule has 2 aliphatic heterocycles. The van der Waals surface area contributed by atoms with E-state index in [9.17, 15) is 53.4 Å². The lowest BCUT2D eigenvalue weighted by Crippen LogP contribution is -2.52. The van der Waals surface area contributed by atoms with Crippen molar-refractivity contribution in [3.05, 3.63) is 143 Å². The first-order valence-electron chi connectivity index (χ1n) is 30.9. The minimum atomic E-state index is -2.74. The SMILES string of the molecule is CN(C)CC1CC2(CCC1(O)c1ccccc1)OCCc1c2[nH]c2ccccc12.CN(C)CC1CC2(CCC1(O)c1ccccc1)OCCc1c2[nH]c2ccccc12.O=C(O)CC(O)(CC(=O)O)C(=O)O.O=C(O)CC(O)(CC(=O)O)C(=O)O.O=C(O)CC(O)(CC(=O)O)C(=O)O. The second-order valence-electron chi connectivity index (χ2n) is 25.6. The molecular weight excluding hydrogens is 1270 g/mol. The maximum absolute atomic E-state index is 11.9. The molecule has 2 aromatic heterocycles. The van der Waals surface area contributed by atoms with Crippen molar-refractivity contribution in [1.29, 1.82) is 0 Å². The van der Waals surface area contributed by atoms with Crippen LogP contribution in [0.3, 0.4) is 0 Å². The molecule has 0 bridgehead atoms. The summed E-state index contributed by atoms with van der Waals surface area (Å²) in [7, 11) is 8.34. The van der Waals surface area contributed by atoms with Gasteiger partial charge in [0.25, 0.3) is 0 Å². The van der Waals surface area contributed by atoms with E-state index in [2.05, 4.69) is 121 Å². The van der Waals surface area contributed by atoms with E-state index in [1.807, 2.05) is 36.4 Å². The number of aliphatic carboxylic acids is 9. The molecule has 6 atom stereocenters. The van der Waals surface area contributed by atoms with Gasteiger partial charge in [-0.1, -0.05) is 97.1 Å². The molecule has 29 nitrogen and oxygen atoms in total. The fourth-order valence-corrected chi connectivity index (χ4v) is 13.5. The van der Waals surface area contributed by atoms with Gasteiger partial charge in [0.2, 0.25) is 0 Å². The second-order valence-corrected chi connectivity index (χ2v) is 25.6. The number of benzene rings is 4. The van der Waals surface area contributed by atoms with Crippen LogP contribution in [0.2, 0.25) is 0 Å². The van der Waals surface area contributed by atoms with Crippen LogP contribution in [0.5, 0.6) is 0 Å². The Hall–Kier alpha value is -9.17. The Kier molecular flexibility index (Phi) is 25.2. The molecule has 4 heterocycles. The number of nitrogens with one attached hydrogen (secondary N) is 2. The van der Waals surface area contributed by atoms with Crippen LogP contribution in [-0.4, -0.2) is 216 Å². The zero-order chi connectivity index (χ0) is 72.1. The first kappa shape index (κ1) is 76.8. The smallest absolute Gasteiger partial charge is 0.336 e. The summed E-state index contributed by atoms with van der Waals surface area (Å²) in [4.78, 5) is 103. The summed E-state index contributed by atoms with van der Waals surface area (Å²) in [6.45, 7) is 3.14.